The van der Waals surface area contributed by atoms with Gasteiger partial charge in [-0.1, -0.05) is 12.1 Å². The molecule has 2 aromatic carbocycles. The molecule has 1 aliphatic heterocycles. The third-order valence-electron chi connectivity index (χ3n) is 6.35. The van der Waals surface area contributed by atoms with Gasteiger partial charge in [0.05, 0.1) is 24.3 Å². The van der Waals surface area contributed by atoms with Gasteiger partial charge in [0.1, 0.15) is 11.4 Å². The molecule has 1 aliphatic rings. The number of rotatable bonds is 8. The maximum absolute atomic E-state index is 13.2. The Labute approximate surface area is 197 Å². The molecule has 1 unspecified atom stereocenters. The molecular weight excluding hydrogens is 445 g/mol. The van der Waals surface area contributed by atoms with E-state index in [-0.39, 0.29) is 13.2 Å². The molecule has 5 nitrogen and oxygen atoms in total. The monoisotopic (exact) mass is 474 g/mol. The van der Waals surface area contributed by atoms with Gasteiger partial charge in [0.15, 0.2) is 0 Å². The first kappa shape index (κ1) is 24.1. The van der Waals surface area contributed by atoms with Crippen LogP contribution in [0.2, 0.25) is 0 Å². The van der Waals surface area contributed by atoms with E-state index in [2.05, 4.69) is 11.9 Å². The third kappa shape index (κ3) is 5.38. The molecule has 34 heavy (non-hydrogen) atoms. The summed E-state index contributed by atoms with van der Waals surface area (Å²) in [7, 11) is 2.13. The van der Waals surface area contributed by atoms with Crippen molar-refractivity contribution >= 4 is 16.9 Å². The van der Waals surface area contributed by atoms with E-state index in [9.17, 15) is 18.0 Å². The Hall–Kier alpha value is -3.00. The predicted octanol–water partition coefficient (Wildman–Crippen LogP) is 5.75. The summed E-state index contributed by atoms with van der Waals surface area (Å²) in [5.74, 6) is 0.143. The second-order valence-corrected chi connectivity index (χ2v) is 8.67. The summed E-state index contributed by atoms with van der Waals surface area (Å²) >= 11 is 0. The van der Waals surface area contributed by atoms with Gasteiger partial charge in [0.25, 0.3) is 0 Å². The highest BCUT2D eigenvalue weighted by molar-refractivity contribution is 5.96. The van der Waals surface area contributed by atoms with Crippen LogP contribution in [-0.4, -0.2) is 48.3 Å². The minimum absolute atomic E-state index is 0.0951. The Bertz CT molecular complexity index is 1160. The standard InChI is InChI=1S/C26H29F3N2O3/c1-3-33-25(32)24-15-19-9-10-22(34-13-11-21-8-5-12-30(21)2)16-23(19)31(24)17-18-6-4-7-20(14-18)26(27,28)29/h4,6-7,9-10,14-16,21H,3,5,8,11-13,17H2,1-2H3. The van der Waals surface area contributed by atoms with Crippen molar-refractivity contribution in [3.63, 3.8) is 0 Å². The molecule has 0 bridgehead atoms. The SMILES string of the molecule is CCOC(=O)c1cc2ccc(OCCC3CCCN3C)cc2n1Cc1cccc(C(F)(F)F)c1. The Balaban J connectivity index is 1.62. The number of hydrogen-bond acceptors (Lipinski definition) is 4. The first-order valence-electron chi connectivity index (χ1n) is 11.6. The number of alkyl halides is 3. The van der Waals surface area contributed by atoms with Crippen LogP contribution in [-0.2, 0) is 17.5 Å². The summed E-state index contributed by atoms with van der Waals surface area (Å²) in [4.78, 5) is 15.0. The van der Waals surface area contributed by atoms with Gasteiger partial charge in [-0.3, -0.25) is 0 Å². The fourth-order valence-corrected chi connectivity index (χ4v) is 4.55. The number of benzene rings is 2. The number of aromatic nitrogens is 1. The lowest BCUT2D eigenvalue weighted by molar-refractivity contribution is -0.137. The predicted molar refractivity (Wildman–Crippen MR) is 124 cm³/mol. The number of halogens is 3. The first-order chi connectivity index (χ1) is 16.3. The van der Waals surface area contributed by atoms with Crippen molar-refractivity contribution in [1.29, 1.82) is 0 Å². The van der Waals surface area contributed by atoms with Crippen molar-refractivity contribution in [3.05, 3.63) is 65.4 Å². The topological polar surface area (TPSA) is 43.7 Å². The molecular formula is C26H29F3N2O3. The van der Waals surface area contributed by atoms with Gasteiger partial charge in [-0.05, 0) is 75.7 Å². The maximum Gasteiger partial charge on any atom is 0.416 e. The highest BCUT2D eigenvalue weighted by atomic mass is 19.4. The van der Waals surface area contributed by atoms with Crippen LogP contribution < -0.4 is 4.74 Å². The lowest BCUT2D eigenvalue weighted by Gasteiger charge is -2.19. The quantitative estimate of drug-likeness (QED) is 0.390. The Morgan fingerprint density at radius 2 is 1.97 bits per heavy atom. The summed E-state index contributed by atoms with van der Waals surface area (Å²) in [6.45, 7) is 3.69. The third-order valence-corrected chi connectivity index (χ3v) is 6.35. The van der Waals surface area contributed by atoms with E-state index < -0.39 is 17.7 Å². The molecule has 1 saturated heterocycles. The molecule has 1 fully saturated rings. The molecule has 2 heterocycles. The molecule has 0 saturated carbocycles. The maximum atomic E-state index is 13.2. The van der Waals surface area contributed by atoms with Crippen LogP contribution in [0.25, 0.3) is 10.9 Å². The number of fused-ring (bicyclic) bond motifs is 1. The van der Waals surface area contributed by atoms with E-state index in [1.807, 2.05) is 18.2 Å². The van der Waals surface area contributed by atoms with E-state index in [0.717, 1.165) is 30.5 Å². The number of hydrogen-bond donors (Lipinski definition) is 0. The summed E-state index contributed by atoms with van der Waals surface area (Å²) < 4.78 is 52.5. The summed E-state index contributed by atoms with van der Waals surface area (Å²) in [5, 5.41) is 0.790. The lowest BCUT2D eigenvalue weighted by atomic mass is 10.1. The first-order valence-corrected chi connectivity index (χ1v) is 11.6. The van der Waals surface area contributed by atoms with Gasteiger partial charge >= 0.3 is 12.1 Å². The molecule has 0 aliphatic carbocycles. The van der Waals surface area contributed by atoms with Crippen molar-refractivity contribution in [2.24, 2.45) is 0 Å². The fourth-order valence-electron chi connectivity index (χ4n) is 4.55. The van der Waals surface area contributed by atoms with Crippen molar-refractivity contribution < 1.29 is 27.4 Å². The zero-order chi connectivity index (χ0) is 24.3. The number of esters is 1. The van der Waals surface area contributed by atoms with Crippen molar-refractivity contribution in [3.8, 4) is 5.75 Å². The van der Waals surface area contributed by atoms with Crippen molar-refractivity contribution in [2.75, 3.05) is 26.8 Å². The zero-order valence-corrected chi connectivity index (χ0v) is 19.4. The number of likely N-dealkylation sites (tertiary alicyclic amines) is 1. The summed E-state index contributed by atoms with van der Waals surface area (Å²) in [6.07, 6.45) is -1.14. The van der Waals surface area contributed by atoms with Gasteiger partial charge in [-0.15, -0.1) is 0 Å². The van der Waals surface area contributed by atoms with E-state index in [1.165, 1.54) is 18.9 Å². The number of carbonyl (C=O) groups excluding carboxylic acids is 1. The molecule has 4 rings (SSSR count). The molecule has 1 atom stereocenters. The zero-order valence-electron chi connectivity index (χ0n) is 19.4. The highest BCUT2D eigenvalue weighted by Gasteiger charge is 2.30. The smallest absolute Gasteiger partial charge is 0.416 e. The molecule has 1 aromatic heterocycles. The summed E-state index contributed by atoms with van der Waals surface area (Å²) in [6, 6.07) is 12.9. The van der Waals surface area contributed by atoms with Crippen LogP contribution in [0, 0.1) is 0 Å². The van der Waals surface area contributed by atoms with Gasteiger partial charge in [-0.25, -0.2) is 4.79 Å². The minimum Gasteiger partial charge on any atom is -0.493 e. The largest absolute Gasteiger partial charge is 0.493 e. The fraction of sp³-hybridized carbons (Fsp3) is 0.423. The molecule has 3 aromatic rings. The van der Waals surface area contributed by atoms with Crippen LogP contribution in [0.1, 0.15) is 47.8 Å². The normalized spacial score (nSPS) is 16.8. The second kappa shape index (κ2) is 10.1. The van der Waals surface area contributed by atoms with Gasteiger partial charge in [0, 0.05) is 24.0 Å². The second-order valence-electron chi connectivity index (χ2n) is 8.67. The average Bonchev–Trinajstić information content (AvgIpc) is 3.37. The highest BCUT2D eigenvalue weighted by Crippen LogP contribution is 2.31. The Kier molecular flexibility index (Phi) is 7.16. The molecule has 0 spiro atoms. The number of ether oxygens (including phenoxy) is 2. The van der Waals surface area contributed by atoms with Gasteiger partial charge < -0.3 is 18.9 Å². The Morgan fingerprint density at radius 1 is 1.15 bits per heavy atom. The molecule has 0 N–H and O–H groups in total. The minimum atomic E-state index is -4.44. The molecule has 8 heteroatoms. The van der Waals surface area contributed by atoms with Gasteiger partial charge in [0.2, 0.25) is 0 Å². The van der Waals surface area contributed by atoms with Crippen LogP contribution in [0.15, 0.2) is 48.5 Å². The van der Waals surface area contributed by atoms with Crippen LogP contribution in [0.3, 0.4) is 0 Å². The molecule has 182 valence electrons. The average molecular weight is 475 g/mol. The van der Waals surface area contributed by atoms with Crippen LogP contribution in [0.5, 0.6) is 5.75 Å². The van der Waals surface area contributed by atoms with E-state index in [4.69, 9.17) is 9.47 Å². The van der Waals surface area contributed by atoms with Gasteiger partial charge in [-0.2, -0.15) is 13.2 Å². The van der Waals surface area contributed by atoms with Crippen LogP contribution >= 0.6 is 0 Å². The molecule has 0 radical (unpaired) electrons. The number of carbonyl (C=O) groups is 1. The number of nitrogens with zero attached hydrogens (tertiary/aromatic N) is 2. The van der Waals surface area contributed by atoms with E-state index in [1.54, 1.807) is 23.6 Å². The molecule has 0 amide bonds. The lowest BCUT2D eigenvalue weighted by Crippen LogP contribution is -2.26. The van der Waals surface area contributed by atoms with Crippen molar-refractivity contribution in [2.45, 2.75) is 44.9 Å². The summed E-state index contributed by atoms with van der Waals surface area (Å²) in [5.41, 5.74) is 0.712. The van der Waals surface area contributed by atoms with Crippen molar-refractivity contribution in [1.82, 2.24) is 9.47 Å². The van der Waals surface area contributed by atoms with E-state index in [0.29, 0.717) is 35.2 Å². The Morgan fingerprint density at radius 3 is 2.68 bits per heavy atom. The van der Waals surface area contributed by atoms with E-state index >= 15 is 0 Å². The van der Waals surface area contributed by atoms with Crippen LogP contribution in [0.4, 0.5) is 13.2 Å².